The quantitative estimate of drug-likeness (QED) is 0.115. The third-order valence-corrected chi connectivity index (χ3v) is 16.1. The Hall–Kier alpha value is -4.78. The Morgan fingerprint density at radius 1 is 0.574 bits per heavy atom. The molecule has 0 atom stereocenters. The van der Waals surface area contributed by atoms with Crippen LogP contribution in [0, 0.1) is 11.6 Å². The van der Waals surface area contributed by atoms with E-state index in [-0.39, 0.29) is 9.79 Å². The van der Waals surface area contributed by atoms with E-state index in [1.54, 1.807) is 22.7 Å². The number of thiazole rings is 2. The Bertz CT molecular complexity index is 2590. The van der Waals surface area contributed by atoms with Gasteiger partial charge in [-0.3, -0.25) is 0 Å². The lowest BCUT2D eigenvalue weighted by molar-refractivity contribution is 0.340. The molecule has 4 heterocycles. The molecule has 0 aliphatic carbocycles. The first-order chi connectivity index (χ1) is 29.4. The van der Waals surface area contributed by atoms with E-state index >= 15 is 0 Å². The zero-order valence-corrected chi connectivity index (χ0v) is 37.3. The third kappa shape index (κ3) is 11.2. The minimum Gasteiger partial charge on any atom is -0.494 e. The fourth-order valence-corrected chi connectivity index (χ4v) is 11.7. The zero-order valence-electron chi connectivity index (χ0n) is 34.0. The smallest absolute Gasteiger partial charge is 0.243 e. The van der Waals surface area contributed by atoms with Crippen molar-refractivity contribution in [3.8, 4) is 5.75 Å². The molecule has 322 valence electrons. The summed E-state index contributed by atoms with van der Waals surface area (Å²) in [6.45, 7) is 8.35. The van der Waals surface area contributed by atoms with Crippen molar-refractivity contribution >= 4 is 53.0 Å². The molecule has 0 N–H and O–H groups in total. The Labute approximate surface area is 365 Å². The number of rotatable bonds is 13. The lowest BCUT2D eigenvalue weighted by Crippen LogP contribution is -2.48. The Kier molecular flexibility index (Phi) is 14.5. The monoisotopic (exact) mass is 906 g/mol. The van der Waals surface area contributed by atoms with Crippen LogP contribution >= 0.6 is 22.7 Å². The summed E-state index contributed by atoms with van der Waals surface area (Å²) in [5, 5.41) is 5.92. The van der Waals surface area contributed by atoms with Crippen LogP contribution < -0.4 is 14.5 Å². The molecule has 2 saturated heterocycles. The lowest BCUT2D eigenvalue weighted by atomic mass is 10.1. The molecule has 4 aromatic carbocycles. The molecule has 2 fully saturated rings. The lowest BCUT2D eigenvalue weighted by Gasteiger charge is -2.33. The Morgan fingerprint density at radius 2 is 0.984 bits per heavy atom. The van der Waals surface area contributed by atoms with Crippen LogP contribution in [-0.4, -0.2) is 94.4 Å². The highest BCUT2D eigenvalue weighted by Gasteiger charge is 2.31. The molecule has 0 unspecified atom stereocenters. The van der Waals surface area contributed by atoms with Crippen molar-refractivity contribution in [1.29, 1.82) is 0 Å². The number of benzene rings is 4. The van der Waals surface area contributed by atoms with Crippen molar-refractivity contribution in [2.75, 3.05) is 68.8 Å². The maximum absolute atomic E-state index is 13.5. The molecule has 6 aromatic rings. The fourth-order valence-electron chi connectivity index (χ4n) is 7.02. The first-order valence-corrected chi connectivity index (χ1v) is 24.7. The normalized spacial score (nSPS) is 15.3. The van der Waals surface area contributed by atoms with E-state index in [9.17, 15) is 25.6 Å². The molecule has 0 saturated carbocycles. The van der Waals surface area contributed by atoms with Crippen LogP contribution in [0.1, 0.15) is 41.9 Å². The zero-order chi connectivity index (χ0) is 43.0. The fraction of sp³-hybridized carbons (Fsp3) is 0.318. The molecule has 2 aromatic heterocycles. The maximum Gasteiger partial charge on any atom is 0.243 e. The topological polar surface area (TPSA) is 116 Å². The summed E-state index contributed by atoms with van der Waals surface area (Å²) in [7, 11) is -7.38. The molecule has 17 heteroatoms. The number of aryl methyl sites for hydroxylation is 1. The van der Waals surface area contributed by atoms with E-state index in [0.717, 1.165) is 64.4 Å². The van der Waals surface area contributed by atoms with Gasteiger partial charge in [0.2, 0.25) is 20.0 Å². The molecule has 0 spiro atoms. The summed E-state index contributed by atoms with van der Waals surface area (Å²) in [6.07, 6.45) is 2.55. The second-order valence-corrected chi connectivity index (χ2v) is 20.1. The summed E-state index contributed by atoms with van der Waals surface area (Å²) < 4.78 is 86.3. The molecule has 0 radical (unpaired) electrons. The first-order valence-electron chi connectivity index (χ1n) is 20.1. The van der Waals surface area contributed by atoms with Gasteiger partial charge in [0.25, 0.3) is 0 Å². The van der Waals surface area contributed by atoms with Crippen molar-refractivity contribution in [2.24, 2.45) is 0 Å². The molecule has 0 amide bonds. The van der Waals surface area contributed by atoms with Crippen LogP contribution in [0.3, 0.4) is 0 Å². The number of hydrogen-bond acceptors (Lipinski definition) is 11. The second-order valence-electron chi connectivity index (χ2n) is 14.5. The second kappa shape index (κ2) is 19.9. The molecule has 0 bridgehead atoms. The number of ether oxygens (including phenoxy) is 1. The van der Waals surface area contributed by atoms with Gasteiger partial charge in [0.15, 0.2) is 10.3 Å². The standard InChI is InChI=1S/C22H24FN3O3S2.C22H24FN3O2S2/c1-2-29-20-8-6-17(7-9-20)14-19-16-30-22(24-19)25-10-12-26(13-11-25)31(27,28)21-5-3-4-18(23)15-21;1-2-17-6-8-18(9-7-17)14-20-16-29-22(24-20)25-10-12-26(13-11-25)30(27,28)21-5-3-4-19(23)15-21/h3-9,15-16H,2,10-14H2,1H3;3-9,15-16H,2,10-14H2,1H3. The van der Waals surface area contributed by atoms with Crippen molar-refractivity contribution in [3.05, 3.63) is 148 Å². The molecular formula is C44H48F2N6O5S4. The van der Waals surface area contributed by atoms with E-state index in [1.807, 2.05) is 36.6 Å². The maximum atomic E-state index is 13.5. The van der Waals surface area contributed by atoms with Crippen LogP contribution in [0.15, 0.2) is 118 Å². The van der Waals surface area contributed by atoms with Gasteiger partial charge in [-0.25, -0.2) is 35.6 Å². The van der Waals surface area contributed by atoms with Crippen LogP contribution in [0.5, 0.6) is 5.75 Å². The van der Waals surface area contributed by atoms with Gasteiger partial charge < -0.3 is 14.5 Å². The number of anilines is 2. The molecule has 2 aliphatic rings. The van der Waals surface area contributed by atoms with Gasteiger partial charge in [-0.15, -0.1) is 22.7 Å². The molecule has 61 heavy (non-hydrogen) atoms. The molecular weight excluding hydrogens is 859 g/mol. The van der Waals surface area contributed by atoms with Gasteiger partial charge in [-0.1, -0.05) is 55.5 Å². The van der Waals surface area contributed by atoms with Crippen molar-refractivity contribution in [3.63, 3.8) is 0 Å². The third-order valence-electron chi connectivity index (χ3n) is 10.4. The number of sulfonamides is 2. The van der Waals surface area contributed by atoms with Crippen LogP contribution in [0.2, 0.25) is 0 Å². The highest BCUT2D eigenvalue weighted by molar-refractivity contribution is 7.89. The summed E-state index contributed by atoms with van der Waals surface area (Å²) >= 11 is 3.15. The predicted molar refractivity (Wildman–Crippen MR) is 238 cm³/mol. The van der Waals surface area contributed by atoms with Crippen molar-refractivity contribution < 1.29 is 30.4 Å². The van der Waals surface area contributed by atoms with Crippen LogP contribution in [-0.2, 0) is 39.3 Å². The molecule has 2 aliphatic heterocycles. The van der Waals surface area contributed by atoms with Gasteiger partial charge >= 0.3 is 0 Å². The van der Waals surface area contributed by atoms with Crippen molar-refractivity contribution in [2.45, 2.75) is 42.9 Å². The number of piperazine rings is 2. The van der Waals surface area contributed by atoms with Crippen LogP contribution in [0.25, 0.3) is 0 Å². The highest BCUT2D eigenvalue weighted by atomic mass is 32.2. The number of aromatic nitrogens is 2. The van der Waals surface area contributed by atoms with E-state index < -0.39 is 31.7 Å². The number of nitrogens with zero attached hydrogens (tertiary/aromatic N) is 6. The average molecular weight is 907 g/mol. The molecule has 11 nitrogen and oxygen atoms in total. The summed E-state index contributed by atoms with van der Waals surface area (Å²) in [5.41, 5.74) is 5.72. The van der Waals surface area contributed by atoms with Gasteiger partial charge in [0.1, 0.15) is 17.4 Å². The van der Waals surface area contributed by atoms with Gasteiger partial charge in [0, 0.05) is 76.0 Å². The number of halogens is 2. The summed E-state index contributed by atoms with van der Waals surface area (Å²) in [6, 6.07) is 26.9. The van der Waals surface area contributed by atoms with Gasteiger partial charge in [0.05, 0.1) is 27.8 Å². The van der Waals surface area contributed by atoms with Gasteiger partial charge in [-0.05, 0) is 78.6 Å². The Morgan fingerprint density at radius 3 is 1.38 bits per heavy atom. The average Bonchev–Trinajstić information content (AvgIpc) is 3.95. The van der Waals surface area contributed by atoms with E-state index in [4.69, 9.17) is 14.7 Å². The highest BCUT2D eigenvalue weighted by Crippen LogP contribution is 2.28. The minimum atomic E-state index is -3.69. The van der Waals surface area contributed by atoms with E-state index in [2.05, 4.69) is 46.4 Å². The molecule has 8 rings (SSSR count). The van der Waals surface area contributed by atoms with Gasteiger partial charge in [-0.2, -0.15) is 8.61 Å². The van der Waals surface area contributed by atoms with E-state index in [0.29, 0.717) is 59.0 Å². The number of hydrogen-bond donors (Lipinski definition) is 0. The first kappa shape index (κ1) is 44.3. The Balaban J connectivity index is 0.000000184. The largest absolute Gasteiger partial charge is 0.494 e. The SMILES string of the molecule is CCOc1ccc(Cc2csc(N3CCN(S(=O)(=O)c4cccc(F)c4)CC3)n2)cc1.CCc1ccc(Cc2csc(N3CCN(S(=O)(=O)c4cccc(F)c4)CC3)n2)cc1. The predicted octanol–water partition coefficient (Wildman–Crippen LogP) is 7.73. The van der Waals surface area contributed by atoms with Crippen molar-refractivity contribution in [1.82, 2.24) is 18.6 Å². The van der Waals surface area contributed by atoms with E-state index in [1.165, 1.54) is 56.1 Å². The minimum absolute atomic E-state index is 0.00146. The summed E-state index contributed by atoms with van der Waals surface area (Å²) in [4.78, 5) is 13.7. The summed E-state index contributed by atoms with van der Waals surface area (Å²) in [5.74, 6) is -0.242. The van der Waals surface area contributed by atoms with Crippen LogP contribution in [0.4, 0.5) is 19.0 Å².